The number of nitrogens with zero attached hydrogens (tertiary/aromatic N) is 1. The van der Waals surface area contributed by atoms with Gasteiger partial charge in [0.05, 0.1) is 6.61 Å². The Hall–Kier alpha value is -0.690. The van der Waals surface area contributed by atoms with Gasteiger partial charge < -0.3 is 19.9 Å². The van der Waals surface area contributed by atoms with Gasteiger partial charge in [-0.2, -0.15) is 0 Å². The van der Waals surface area contributed by atoms with E-state index in [1.807, 2.05) is 4.90 Å². The number of carbonyl (C=O) groups is 1. The van der Waals surface area contributed by atoms with Crippen LogP contribution >= 0.6 is 0 Å². The normalized spacial score (nSPS) is 30.2. The zero-order valence-corrected chi connectivity index (χ0v) is 10.6. The van der Waals surface area contributed by atoms with Crippen molar-refractivity contribution in [3.63, 3.8) is 0 Å². The highest BCUT2D eigenvalue weighted by Gasteiger charge is 2.28. The maximum absolute atomic E-state index is 11.1. The first-order chi connectivity index (χ1) is 8.77. The zero-order valence-electron chi connectivity index (χ0n) is 10.6. The lowest BCUT2D eigenvalue weighted by Crippen LogP contribution is -2.55. The summed E-state index contributed by atoms with van der Waals surface area (Å²) < 4.78 is 11.1. The minimum atomic E-state index is -0.767. The molecule has 2 aliphatic heterocycles. The average molecular weight is 258 g/mol. The van der Waals surface area contributed by atoms with Crippen molar-refractivity contribution < 1.29 is 19.4 Å². The molecule has 6 nitrogen and oxygen atoms in total. The van der Waals surface area contributed by atoms with Crippen LogP contribution in [-0.2, 0) is 14.3 Å². The largest absolute Gasteiger partial charge is 0.480 e. The molecule has 0 aliphatic carbocycles. The van der Waals surface area contributed by atoms with Gasteiger partial charge in [0.2, 0.25) is 0 Å². The number of hydrogen-bond donors (Lipinski definition) is 2. The summed E-state index contributed by atoms with van der Waals surface area (Å²) in [5.41, 5.74) is 0. The molecular formula is C12H22N2O4. The molecule has 0 aromatic heterocycles. The lowest BCUT2D eigenvalue weighted by Gasteiger charge is -2.33. The number of ether oxygens (including phenoxy) is 2. The van der Waals surface area contributed by atoms with Crippen LogP contribution in [0.3, 0.4) is 0 Å². The predicted octanol–water partition coefficient (Wildman–Crippen LogP) is -0.112. The van der Waals surface area contributed by atoms with Gasteiger partial charge in [0.1, 0.15) is 6.04 Å². The summed E-state index contributed by atoms with van der Waals surface area (Å²) in [7, 11) is 0. The molecule has 2 atom stereocenters. The lowest BCUT2D eigenvalue weighted by molar-refractivity contribution is -0.166. The van der Waals surface area contributed by atoms with Gasteiger partial charge in [0.15, 0.2) is 6.29 Å². The Balaban J connectivity index is 1.69. The number of carboxylic acid groups (broad SMARTS) is 1. The van der Waals surface area contributed by atoms with Gasteiger partial charge in [-0.05, 0) is 19.3 Å². The molecule has 0 aromatic rings. The number of aliphatic carboxylic acids is 1. The quantitative estimate of drug-likeness (QED) is 0.717. The van der Waals surface area contributed by atoms with Gasteiger partial charge >= 0.3 is 5.97 Å². The van der Waals surface area contributed by atoms with E-state index in [-0.39, 0.29) is 6.29 Å². The fourth-order valence-electron chi connectivity index (χ4n) is 2.40. The van der Waals surface area contributed by atoms with Crippen LogP contribution in [0.25, 0.3) is 0 Å². The predicted molar refractivity (Wildman–Crippen MR) is 65.4 cm³/mol. The third kappa shape index (κ3) is 3.91. The van der Waals surface area contributed by atoms with E-state index < -0.39 is 12.0 Å². The van der Waals surface area contributed by atoms with Crippen molar-refractivity contribution in [1.29, 1.82) is 0 Å². The summed E-state index contributed by atoms with van der Waals surface area (Å²) in [6.07, 6.45) is 3.11. The van der Waals surface area contributed by atoms with E-state index in [1.165, 1.54) is 0 Å². The molecule has 104 valence electrons. The van der Waals surface area contributed by atoms with Crippen molar-refractivity contribution >= 4 is 5.97 Å². The van der Waals surface area contributed by atoms with E-state index in [0.717, 1.165) is 39.0 Å². The molecule has 2 saturated heterocycles. The first-order valence-corrected chi connectivity index (χ1v) is 6.68. The molecule has 0 aromatic carbocycles. The average Bonchev–Trinajstić information content (AvgIpc) is 2.40. The number of piperazine rings is 1. The van der Waals surface area contributed by atoms with Gasteiger partial charge in [-0.15, -0.1) is 0 Å². The number of rotatable bonds is 5. The summed E-state index contributed by atoms with van der Waals surface area (Å²) in [6, 6.07) is -0.436. The molecule has 2 N–H and O–H groups in total. The maximum Gasteiger partial charge on any atom is 0.322 e. The Bertz CT molecular complexity index is 269. The van der Waals surface area contributed by atoms with Crippen LogP contribution < -0.4 is 5.32 Å². The smallest absolute Gasteiger partial charge is 0.322 e. The minimum Gasteiger partial charge on any atom is -0.480 e. The molecule has 0 saturated carbocycles. The third-order valence-corrected chi connectivity index (χ3v) is 3.46. The Morgan fingerprint density at radius 2 is 2.39 bits per heavy atom. The van der Waals surface area contributed by atoms with Gasteiger partial charge in [0.25, 0.3) is 0 Å². The molecule has 2 fully saturated rings. The van der Waals surface area contributed by atoms with Crippen LogP contribution in [0.5, 0.6) is 0 Å². The Morgan fingerprint density at radius 3 is 3.11 bits per heavy atom. The Kier molecular flexibility index (Phi) is 5.37. The number of hydrogen-bond acceptors (Lipinski definition) is 5. The van der Waals surface area contributed by atoms with Crippen LogP contribution in [0.15, 0.2) is 0 Å². The molecule has 0 bridgehead atoms. The Morgan fingerprint density at radius 1 is 1.50 bits per heavy atom. The van der Waals surface area contributed by atoms with Crippen LogP contribution in [0.4, 0.5) is 0 Å². The molecule has 0 amide bonds. The Labute approximate surface area is 107 Å². The van der Waals surface area contributed by atoms with Crippen molar-refractivity contribution in [2.45, 2.75) is 31.6 Å². The van der Waals surface area contributed by atoms with Crippen molar-refractivity contribution in [2.24, 2.45) is 0 Å². The first kappa shape index (κ1) is 13.7. The van der Waals surface area contributed by atoms with E-state index >= 15 is 0 Å². The third-order valence-electron chi connectivity index (χ3n) is 3.46. The van der Waals surface area contributed by atoms with Crippen molar-refractivity contribution in [3.05, 3.63) is 0 Å². The van der Waals surface area contributed by atoms with Crippen LogP contribution in [0.1, 0.15) is 19.3 Å². The van der Waals surface area contributed by atoms with Crippen LogP contribution in [-0.4, -0.2) is 67.7 Å². The fourth-order valence-corrected chi connectivity index (χ4v) is 2.40. The van der Waals surface area contributed by atoms with Crippen LogP contribution in [0.2, 0.25) is 0 Å². The van der Waals surface area contributed by atoms with E-state index in [4.69, 9.17) is 14.6 Å². The van der Waals surface area contributed by atoms with Gasteiger partial charge in [-0.3, -0.25) is 9.69 Å². The minimum absolute atomic E-state index is 0.0926. The first-order valence-electron chi connectivity index (χ1n) is 6.68. The highest BCUT2D eigenvalue weighted by Crippen LogP contribution is 2.13. The zero-order chi connectivity index (χ0) is 12.8. The molecule has 0 radical (unpaired) electrons. The number of carboxylic acids is 1. The molecular weight excluding hydrogens is 236 g/mol. The second-order valence-corrected chi connectivity index (χ2v) is 4.76. The molecule has 18 heavy (non-hydrogen) atoms. The second kappa shape index (κ2) is 7.04. The van der Waals surface area contributed by atoms with Crippen molar-refractivity contribution in [2.75, 3.05) is 39.4 Å². The molecule has 6 heteroatoms. The topological polar surface area (TPSA) is 71.0 Å². The maximum atomic E-state index is 11.1. The van der Waals surface area contributed by atoms with E-state index in [0.29, 0.717) is 19.7 Å². The van der Waals surface area contributed by atoms with E-state index in [1.54, 1.807) is 0 Å². The standard InChI is InChI=1S/C12H22N2O4/c15-12(16)10-9-13-4-5-14(10)6-8-18-11-3-1-2-7-17-11/h10-11,13H,1-9H2,(H,15,16). The molecule has 2 unspecified atom stereocenters. The molecule has 2 aliphatic rings. The van der Waals surface area contributed by atoms with E-state index in [2.05, 4.69) is 5.32 Å². The van der Waals surface area contributed by atoms with Crippen molar-refractivity contribution in [1.82, 2.24) is 10.2 Å². The molecule has 0 spiro atoms. The summed E-state index contributed by atoms with van der Waals surface area (Å²) >= 11 is 0. The number of nitrogens with one attached hydrogen (secondary N) is 1. The van der Waals surface area contributed by atoms with Gasteiger partial charge in [0, 0.05) is 32.8 Å². The summed E-state index contributed by atoms with van der Waals surface area (Å²) in [4.78, 5) is 13.0. The molecule has 2 rings (SSSR count). The second-order valence-electron chi connectivity index (χ2n) is 4.76. The highest BCUT2D eigenvalue weighted by atomic mass is 16.7. The summed E-state index contributed by atoms with van der Waals surface area (Å²) in [6.45, 7) is 4.06. The molecule has 2 heterocycles. The highest BCUT2D eigenvalue weighted by molar-refractivity contribution is 5.73. The van der Waals surface area contributed by atoms with Crippen molar-refractivity contribution in [3.8, 4) is 0 Å². The SMILES string of the molecule is O=C(O)C1CNCCN1CCOC1CCCCO1. The van der Waals surface area contributed by atoms with Gasteiger partial charge in [-0.25, -0.2) is 0 Å². The summed E-state index contributed by atoms with van der Waals surface area (Å²) in [5, 5.41) is 12.2. The summed E-state index contributed by atoms with van der Waals surface area (Å²) in [5.74, 6) is -0.767. The van der Waals surface area contributed by atoms with E-state index in [9.17, 15) is 4.79 Å². The van der Waals surface area contributed by atoms with Gasteiger partial charge in [-0.1, -0.05) is 0 Å². The lowest BCUT2D eigenvalue weighted by atomic mass is 10.2. The fraction of sp³-hybridized carbons (Fsp3) is 0.917. The monoisotopic (exact) mass is 258 g/mol. The van der Waals surface area contributed by atoms with Crippen LogP contribution in [0, 0.1) is 0 Å².